The predicted molar refractivity (Wildman–Crippen MR) is 85.6 cm³/mol. The smallest absolute Gasteiger partial charge is 0.171 e. The second-order valence-corrected chi connectivity index (χ2v) is 5.23. The zero-order valence-corrected chi connectivity index (χ0v) is 12.4. The first kappa shape index (κ1) is 14.8. The SMILES string of the molecule is C[C@H](NC(=S)Nc1ccc(F)cc1)c1cccc(Cl)c1. The van der Waals surface area contributed by atoms with Crippen LogP contribution in [0.2, 0.25) is 5.02 Å². The van der Waals surface area contributed by atoms with Crippen molar-refractivity contribution >= 4 is 34.6 Å². The molecule has 1 atom stereocenters. The van der Waals surface area contributed by atoms with Crippen LogP contribution < -0.4 is 10.6 Å². The number of thiocarbonyl (C=S) groups is 1. The Morgan fingerprint density at radius 3 is 2.55 bits per heavy atom. The molecular formula is C15H14ClFN2S. The molecule has 0 aromatic heterocycles. The van der Waals surface area contributed by atoms with Crippen LogP contribution in [0.3, 0.4) is 0 Å². The standard InChI is InChI=1S/C15H14ClFN2S/c1-10(11-3-2-4-12(16)9-11)18-15(20)19-14-7-5-13(17)6-8-14/h2-10H,1H3,(H2,18,19,20)/t10-/m0/s1. The van der Waals surface area contributed by atoms with E-state index in [0.29, 0.717) is 10.1 Å². The summed E-state index contributed by atoms with van der Waals surface area (Å²) in [6.45, 7) is 1.99. The van der Waals surface area contributed by atoms with Crippen molar-refractivity contribution in [3.8, 4) is 0 Å². The van der Waals surface area contributed by atoms with E-state index in [1.165, 1.54) is 12.1 Å². The van der Waals surface area contributed by atoms with Gasteiger partial charge in [-0.15, -0.1) is 0 Å². The van der Waals surface area contributed by atoms with Crippen LogP contribution >= 0.6 is 23.8 Å². The lowest BCUT2D eigenvalue weighted by Crippen LogP contribution is -2.30. The summed E-state index contributed by atoms with van der Waals surface area (Å²) in [4.78, 5) is 0. The van der Waals surface area contributed by atoms with E-state index < -0.39 is 0 Å². The van der Waals surface area contributed by atoms with Crippen LogP contribution in [0.25, 0.3) is 0 Å². The lowest BCUT2D eigenvalue weighted by molar-refractivity contribution is 0.628. The van der Waals surface area contributed by atoms with E-state index in [4.69, 9.17) is 23.8 Å². The first-order valence-corrected chi connectivity index (χ1v) is 6.92. The molecule has 0 radical (unpaired) electrons. The van der Waals surface area contributed by atoms with Gasteiger partial charge >= 0.3 is 0 Å². The molecule has 0 aliphatic carbocycles. The van der Waals surface area contributed by atoms with Crippen molar-refractivity contribution in [1.82, 2.24) is 5.32 Å². The van der Waals surface area contributed by atoms with Gasteiger partial charge in [0.05, 0.1) is 6.04 Å². The van der Waals surface area contributed by atoms with Gasteiger partial charge in [0.15, 0.2) is 5.11 Å². The molecule has 0 heterocycles. The monoisotopic (exact) mass is 308 g/mol. The molecular weight excluding hydrogens is 295 g/mol. The third-order valence-electron chi connectivity index (χ3n) is 2.80. The maximum Gasteiger partial charge on any atom is 0.171 e. The maximum atomic E-state index is 12.8. The van der Waals surface area contributed by atoms with E-state index in [0.717, 1.165) is 11.3 Å². The molecule has 0 bridgehead atoms. The van der Waals surface area contributed by atoms with Gasteiger partial charge in [-0.2, -0.15) is 0 Å². The number of halogens is 2. The molecule has 2 nitrogen and oxygen atoms in total. The fourth-order valence-corrected chi connectivity index (χ4v) is 2.25. The van der Waals surface area contributed by atoms with E-state index in [1.807, 2.05) is 31.2 Å². The Morgan fingerprint density at radius 2 is 1.90 bits per heavy atom. The average Bonchev–Trinajstić information content (AvgIpc) is 2.41. The van der Waals surface area contributed by atoms with E-state index in [2.05, 4.69) is 10.6 Å². The third-order valence-corrected chi connectivity index (χ3v) is 3.25. The Hall–Kier alpha value is -1.65. The topological polar surface area (TPSA) is 24.1 Å². The van der Waals surface area contributed by atoms with Gasteiger partial charge < -0.3 is 10.6 Å². The molecule has 0 aliphatic heterocycles. The maximum absolute atomic E-state index is 12.8. The van der Waals surface area contributed by atoms with Crippen molar-refractivity contribution in [2.24, 2.45) is 0 Å². The predicted octanol–water partition coefficient (Wildman–Crippen LogP) is 4.53. The molecule has 5 heteroatoms. The minimum absolute atomic E-state index is 0.0224. The second-order valence-electron chi connectivity index (χ2n) is 4.38. The summed E-state index contributed by atoms with van der Waals surface area (Å²) in [5, 5.41) is 7.32. The highest BCUT2D eigenvalue weighted by atomic mass is 35.5. The normalized spacial score (nSPS) is 11.8. The van der Waals surface area contributed by atoms with E-state index in [9.17, 15) is 4.39 Å². The molecule has 2 aromatic rings. The van der Waals surface area contributed by atoms with Crippen molar-refractivity contribution in [3.05, 3.63) is 64.9 Å². The Balaban J connectivity index is 1.95. The minimum atomic E-state index is -0.276. The minimum Gasteiger partial charge on any atom is -0.356 e. The quantitative estimate of drug-likeness (QED) is 0.815. The van der Waals surface area contributed by atoms with Crippen LogP contribution in [0.4, 0.5) is 10.1 Å². The Kier molecular flexibility index (Phi) is 4.93. The van der Waals surface area contributed by atoms with Crippen LogP contribution in [0.15, 0.2) is 48.5 Å². The Labute approximate surface area is 128 Å². The highest BCUT2D eigenvalue weighted by Gasteiger charge is 2.07. The summed E-state index contributed by atoms with van der Waals surface area (Å²) in [6, 6.07) is 13.6. The van der Waals surface area contributed by atoms with E-state index in [1.54, 1.807) is 12.1 Å². The molecule has 0 amide bonds. The summed E-state index contributed by atoms with van der Waals surface area (Å²) in [6.07, 6.45) is 0. The number of benzene rings is 2. The molecule has 0 fully saturated rings. The lowest BCUT2D eigenvalue weighted by Gasteiger charge is -2.17. The molecule has 2 N–H and O–H groups in total. The highest BCUT2D eigenvalue weighted by molar-refractivity contribution is 7.80. The summed E-state index contributed by atoms with van der Waals surface area (Å²) in [7, 11) is 0. The van der Waals surface area contributed by atoms with Crippen LogP contribution in [-0.4, -0.2) is 5.11 Å². The second kappa shape index (κ2) is 6.68. The number of nitrogens with one attached hydrogen (secondary N) is 2. The van der Waals surface area contributed by atoms with E-state index >= 15 is 0 Å². The third kappa shape index (κ3) is 4.18. The van der Waals surface area contributed by atoms with Gasteiger partial charge in [-0.3, -0.25) is 0 Å². The van der Waals surface area contributed by atoms with Crippen LogP contribution in [0.1, 0.15) is 18.5 Å². The first-order valence-electron chi connectivity index (χ1n) is 6.13. The summed E-state index contributed by atoms with van der Waals surface area (Å²) < 4.78 is 12.8. The summed E-state index contributed by atoms with van der Waals surface area (Å²) >= 11 is 11.2. The van der Waals surface area contributed by atoms with Crippen molar-refractivity contribution in [2.75, 3.05) is 5.32 Å². The zero-order valence-electron chi connectivity index (χ0n) is 10.9. The number of hydrogen-bond donors (Lipinski definition) is 2. The molecule has 0 aliphatic rings. The highest BCUT2D eigenvalue weighted by Crippen LogP contribution is 2.17. The lowest BCUT2D eigenvalue weighted by atomic mass is 10.1. The van der Waals surface area contributed by atoms with Gasteiger partial charge in [0, 0.05) is 10.7 Å². The van der Waals surface area contributed by atoms with Crippen LogP contribution in [-0.2, 0) is 0 Å². The van der Waals surface area contributed by atoms with Crippen molar-refractivity contribution < 1.29 is 4.39 Å². The molecule has 104 valence electrons. The largest absolute Gasteiger partial charge is 0.356 e. The molecule has 2 rings (SSSR count). The zero-order chi connectivity index (χ0) is 14.5. The van der Waals surface area contributed by atoms with Gasteiger partial charge in [-0.1, -0.05) is 23.7 Å². The Morgan fingerprint density at radius 1 is 1.20 bits per heavy atom. The number of hydrogen-bond acceptors (Lipinski definition) is 1. The first-order chi connectivity index (χ1) is 9.54. The van der Waals surface area contributed by atoms with Crippen molar-refractivity contribution in [3.63, 3.8) is 0 Å². The summed E-state index contributed by atoms with van der Waals surface area (Å²) in [5.74, 6) is -0.276. The molecule has 0 saturated carbocycles. The Bertz CT molecular complexity index is 601. The van der Waals surface area contributed by atoms with Gasteiger partial charge in [-0.05, 0) is 61.1 Å². The van der Waals surface area contributed by atoms with Crippen molar-refractivity contribution in [2.45, 2.75) is 13.0 Å². The van der Waals surface area contributed by atoms with E-state index in [-0.39, 0.29) is 11.9 Å². The van der Waals surface area contributed by atoms with Gasteiger partial charge in [-0.25, -0.2) is 4.39 Å². The van der Waals surface area contributed by atoms with Gasteiger partial charge in [0.25, 0.3) is 0 Å². The van der Waals surface area contributed by atoms with Crippen LogP contribution in [0.5, 0.6) is 0 Å². The summed E-state index contributed by atoms with van der Waals surface area (Å²) in [5.41, 5.74) is 1.78. The molecule has 0 unspecified atom stereocenters. The fraction of sp³-hybridized carbons (Fsp3) is 0.133. The fourth-order valence-electron chi connectivity index (χ4n) is 1.76. The molecule has 0 saturated heterocycles. The van der Waals surface area contributed by atoms with Crippen LogP contribution in [0, 0.1) is 5.82 Å². The van der Waals surface area contributed by atoms with Gasteiger partial charge in [0.2, 0.25) is 0 Å². The number of anilines is 1. The van der Waals surface area contributed by atoms with Gasteiger partial charge in [0.1, 0.15) is 5.82 Å². The molecule has 20 heavy (non-hydrogen) atoms. The van der Waals surface area contributed by atoms with Crippen molar-refractivity contribution in [1.29, 1.82) is 0 Å². The number of rotatable bonds is 3. The molecule has 0 spiro atoms. The average molecular weight is 309 g/mol. The molecule has 2 aromatic carbocycles.